The number of pyridine rings is 1. The minimum absolute atomic E-state index is 0.0101. The van der Waals surface area contributed by atoms with Crippen LogP contribution < -0.4 is 0 Å². The number of carbonyl (C=O) groups is 1. The number of ether oxygens (including phenoxy) is 1. The van der Waals surface area contributed by atoms with Gasteiger partial charge in [-0.2, -0.15) is 0 Å². The van der Waals surface area contributed by atoms with Gasteiger partial charge in [-0.15, -0.1) is 0 Å². The van der Waals surface area contributed by atoms with E-state index >= 15 is 0 Å². The predicted molar refractivity (Wildman–Crippen MR) is 134 cm³/mol. The molecule has 0 amide bonds. The number of hydrogen-bond acceptors (Lipinski definition) is 5. The van der Waals surface area contributed by atoms with Crippen molar-refractivity contribution in [1.82, 2.24) is 19.4 Å². The first-order valence-corrected chi connectivity index (χ1v) is 12.6. The summed E-state index contributed by atoms with van der Waals surface area (Å²) in [6, 6.07) is 14.8. The second kappa shape index (κ2) is 9.88. The Morgan fingerprint density at radius 3 is 2.62 bits per heavy atom. The monoisotopic (exact) mass is 460 g/mol. The number of aromatic nitrogens is 2. The summed E-state index contributed by atoms with van der Waals surface area (Å²) in [5, 5.41) is 1.26. The summed E-state index contributed by atoms with van der Waals surface area (Å²) in [5.41, 5.74) is 3.76. The van der Waals surface area contributed by atoms with Gasteiger partial charge in [0.15, 0.2) is 0 Å². The van der Waals surface area contributed by atoms with Crippen molar-refractivity contribution in [2.24, 2.45) is 11.3 Å². The molecule has 0 N–H and O–H groups in total. The second-order valence-corrected chi connectivity index (χ2v) is 10.1. The van der Waals surface area contributed by atoms with Gasteiger partial charge in [0.1, 0.15) is 5.65 Å². The van der Waals surface area contributed by atoms with Crippen LogP contribution in [0.3, 0.4) is 0 Å². The van der Waals surface area contributed by atoms with Crippen LogP contribution in [0.1, 0.15) is 37.3 Å². The molecular weight excluding hydrogens is 424 g/mol. The molecule has 5 rings (SSSR count). The molecule has 1 aromatic carbocycles. The average Bonchev–Trinajstić information content (AvgIpc) is 3.39. The molecule has 2 saturated heterocycles. The van der Waals surface area contributed by atoms with E-state index in [1.54, 1.807) is 0 Å². The molecule has 6 heteroatoms. The van der Waals surface area contributed by atoms with E-state index in [2.05, 4.69) is 68.9 Å². The molecular formula is C28H36N4O2. The largest absolute Gasteiger partial charge is 0.469 e. The third kappa shape index (κ3) is 4.49. The van der Waals surface area contributed by atoms with E-state index in [1.807, 2.05) is 12.3 Å². The number of nitrogens with zero attached hydrogens (tertiary/aromatic N) is 4. The highest BCUT2D eigenvalue weighted by Crippen LogP contribution is 2.46. The minimum atomic E-state index is -0.0438. The highest BCUT2D eigenvalue weighted by atomic mass is 16.5. The normalized spacial score (nSPS) is 20.8. The molecule has 0 aliphatic carbocycles. The second-order valence-electron chi connectivity index (χ2n) is 10.1. The first-order chi connectivity index (χ1) is 16.6. The number of fused-ring (bicyclic) bond motifs is 1. The van der Waals surface area contributed by atoms with Crippen molar-refractivity contribution in [2.45, 2.75) is 45.8 Å². The van der Waals surface area contributed by atoms with Crippen LogP contribution in [0.2, 0.25) is 0 Å². The van der Waals surface area contributed by atoms with Crippen molar-refractivity contribution < 1.29 is 9.53 Å². The van der Waals surface area contributed by atoms with E-state index in [0.717, 1.165) is 70.7 Å². The highest BCUT2D eigenvalue weighted by Gasteiger charge is 2.51. The summed E-state index contributed by atoms with van der Waals surface area (Å²) in [6.45, 7) is 8.80. The Morgan fingerprint density at radius 1 is 1.09 bits per heavy atom. The lowest BCUT2D eigenvalue weighted by Gasteiger charge is -2.41. The number of carbonyl (C=O) groups excluding carboxylic acids is 1. The Labute approximate surface area is 202 Å². The minimum Gasteiger partial charge on any atom is -0.469 e. The molecule has 6 nitrogen and oxygen atoms in total. The third-order valence-electron chi connectivity index (χ3n) is 7.88. The van der Waals surface area contributed by atoms with Gasteiger partial charge in [-0.25, -0.2) is 4.98 Å². The van der Waals surface area contributed by atoms with E-state index in [1.165, 1.54) is 23.6 Å². The number of benzene rings is 1. The average molecular weight is 461 g/mol. The Bertz CT molecular complexity index is 1120. The fourth-order valence-corrected chi connectivity index (χ4v) is 6.14. The maximum absolute atomic E-state index is 12.8. The lowest BCUT2D eigenvalue weighted by molar-refractivity contribution is -0.149. The number of hydrogen-bond donors (Lipinski definition) is 0. The number of likely N-dealkylation sites (tertiary alicyclic amines) is 2. The molecule has 1 spiro atoms. The van der Waals surface area contributed by atoms with E-state index < -0.39 is 0 Å². The highest BCUT2D eigenvalue weighted by molar-refractivity contribution is 5.80. The molecule has 2 fully saturated rings. The van der Waals surface area contributed by atoms with Gasteiger partial charge in [0.05, 0.1) is 13.0 Å². The summed E-state index contributed by atoms with van der Waals surface area (Å²) in [5.74, 6) is -0.0863. The number of rotatable bonds is 7. The van der Waals surface area contributed by atoms with Crippen LogP contribution in [0.4, 0.5) is 0 Å². The van der Waals surface area contributed by atoms with E-state index in [4.69, 9.17) is 4.74 Å². The van der Waals surface area contributed by atoms with Crippen LogP contribution in [0.15, 0.2) is 54.9 Å². The van der Waals surface area contributed by atoms with Crippen LogP contribution >= 0.6 is 0 Å². The lowest BCUT2D eigenvalue weighted by atomic mass is 9.70. The fourth-order valence-electron chi connectivity index (χ4n) is 6.14. The van der Waals surface area contributed by atoms with Crippen LogP contribution in [-0.4, -0.2) is 58.6 Å². The number of piperidine rings is 1. The standard InChI is InChI=1S/C28H36N4O2/c1-3-14-32-19-23(24-10-7-13-29-26(24)32)18-30-15-11-28(12-16-30)21-31(20-25(28)27(33)34-2)17-22-8-5-4-6-9-22/h4-10,13,19,25H,3,11-12,14-18,20-21H2,1-2H3. The van der Waals surface area contributed by atoms with Gasteiger partial charge in [-0.05, 0) is 55.6 Å². The van der Waals surface area contributed by atoms with Crippen molar-refractivity contribution in [2.75, 3.05) is 33.3 Å². The smallest absolute Gasteiger partial charge is 0.310 e. The van der Waals surface area contributed by atoms with Crippen molar-refractivity contribution in [3.63, 3.8) is 0 Å². The molecule has 34 heavy (non-hydrogen) atoms. The predicted octanol–water partition coefficient (Wildman–Crippen LogP) is 4.33. The van der Waals surface area contributed by atoms with Gasteiger partial charge in [0, 0.05) is 55.9 Å². The molecule has 3 aromatic rings. The molecule has 2 aromatic heterocycles. The van der Waals surface area contributed by atoms with Crippen molar-refractivity contribution >= 4 is 17.0 Å². The molecule has 0 saturated carbocycles. The van der Waals surface area contributed by atoms with Gasteiger partial charge in [-0.3, -0.25) is 14.6 Å². The quantitative estimate of drug-likeness (QED) is 0.491. The lowest BCUT2D eigenvalue weighted by Crippen LogP contribution is -2.46. The van der Waals surface area contributed by atoms with E-state index in [9.17, 15) is 4.79 Å². The summed E-state index contributed by atoms with van der Waals surface area (Å²) in [6.07, 6.45) is 7.34. The molecule has 0 bridgehead atoms. The van der Waals surface area contributed by atoms with Crippen molar-refractivity contribution in [1.29, 1.82) is 0 Å². The molecule has 180 valence electrons. The topological polar surface area (TPSA) is 50.6 Å². The Morgan fingerprint density at radius 2 is 1.88 bits per heavy atom. The summed E-state index contributed by atoms with van der Waals surface area (Å²) in [7, 11) is 1.53. The van der Waals surface area contributed by atoms with Gasteiger partial charge >= 0.3 is 5.97 Å². The van der Waals surface area contributed by atoms with Gasteiger partial charge < -0.3 is 9.30 Å². The maximum Gasteiger partial charge on any atom is 0.310 e. The Kier molecular flexibility index (Phi) is 6.70. The zero-order chi connectivity index (χ0) is 23.5. The number of methoxy groups -OCH3 is 1. The number of aryl methyl sites for hydroxylation is 1. The molecule has 1 atom stereocenters. The van der Waals surface area contributed by atoms with Gasteiger partial charge in [0.25, 0.3) is 0 Å². The van der Waals surface area contributed by atoms with Crippen LogP contribution in [0, 0.1) is 11.3 Å². The van der Waals surface area contributed by atoms with E-state index in [0.29, 0.717) is 0 Å². The first-order valence-electron chi connectivity index (χ1n) is 12.6. The maximum atomic E-state index is 12.8. The first kappa shape index (κ1) is 23.1. The van der Waals surface area contributed by atoms with Gasteiger partial charge in [-0.1, -0.05) is 37.3 Å². The summed E-state index contributed by atoms with van der Waals surface area (Å²) < 4.78 is 7.56. The van der Waals surface area contributed by atoms with Crippen molar-refractivity contribution in [3.05, 3.63) is 66.0 Å². The van der Waals surface area contributed by atoms with Gasteiger partial charge in [0.2, 0.25) is 0 Å². The van der Waals surface area contributed by atoms with Crippen molar-refractivity contribution in [3.8, 4) is 0 Å². The molecule has 2 aliphatic heterocycles. The van der Waals surface area contributed by atoms with Crippen LogP contribution in [0.25, 0.3) is 11.0 Å². The summed E-state index contributed by atoms with van der Waals surface area (Å²) >= 11 is 0. The van der Waals surface area contributed by atoms with E-state index in [-0.39, 0.29) is 17.3 Å². The fraction of sp³-hybridized carbons (Fsp3) is 0.500. The van der Waals surface area contributed by atoms with Crippen LogP contribution in [-0.2, 0) is 29.2 Å². The number of esters is 1. The zero-order valence-corrected chi connectivity index (χ0v) is 20.4. The molecule has 2 aliphatic rings. The zero-order valence-electron chi connectivity index (χ0n) is 20.4. The third-order valence-corrected chi connectivity index (χ3v) is 7.88. The Balaban J connectivity index is 1.29. The van der Waals surface area contributed by atoms with Crippen LogP contribution in [0.5, 0.6) is 0 Å². The SMILES string of the molecule is CCCn1cc(CN2CCC3(CC2)CN(Cc2ccccc2)CC3C(=O)OC)c2cccnc21. The molecule has 1 unspecified atom stereocenters. The summed E-state index contributed by atoms with van der Waals surface area (Å²) in [4.78, 5) is 22.4. The Hall–Kier alpha value is -2.70. The molecule has 4 heterocycles. The molecule has 0 radical (unpaired) electrons.